The van der Waals surface area contributed by atoms with E-state index in [9.17, 15) is 0 Å². The third-order valence-electron chi connectivity index (χ3n) is 4.95. The second kappa shape index (κ2) is 5.98. The maximum absolute atomic E-state index is 4.14. The van der Waals surface area contributed by atoms with Gasteiger partial charge in [0.25, 0.3) is 0 Å². The van der Waals surface area contributed by atoms with E-state index in [-0.39, 0.29) is 6.04 Å². The quantitative estimate of drug-likeness (QED) is 0.858. The Balaban J connectivity index is 1.80. The van der Waals surface area contributed by atoms with E-state index in [1.54, 1.807) is 0 Å². The predicted molar refractivity (Wildman–Crippen MR) is 87.0 cm³/mol. The van der Waals surface area contributed by atoms with Crippen molar-refractivity contribution in [2.24, 2.45) is 11.3 Å². The summed E-state index contributed by atoms with van der Waals surface area (Å²) in [5, 5.41) is 3.81. The van der Waals surface area contributed by atoms with Crippen LogP contribution in [0.25, 0.3) is 0 Å². The molecule has 0 saturated heterocycles. The van der Waals surface area contributed by atoms with Crippen LogP contribution in [0.5, 0.6) is 0 Å². The van der Waals surface area contributed by atoms with Crippen molar-refractivity contribution in [3.05, 3.63) is 66.0 Å². The molecule has 1 aromatic heterocycles. The average Bonchev–Trinajstić information content (AvgIpc) is 3.31. The van der Waals surface area contributed by atoms with Crippen LogP contribution in [0.15, 0.2) is 54.9 Å². The van der Waals surface area contributed by atoms with Gasteiger partial charge >= 0.3 is 0 Å². The fourth-order valence-corrected chi connectivity index (χ4v) is 3.05. The van der Waals surface area contributed by atoms with Crippen molar-refractivity contribution in [3.8, 4) is 0 Å². The molecule has 2 nitrogen and oxygen atoms in total. The molecule has 0 bridgehead atoms. The van der Waals surface area contributed by atoms with Gasteiger partial charge in [0.05, 0.1) is 6.04 Å². The molecule has 1 saturated carbocycles. The smallest absolute Gasteiger partial charge is 0.0578 e. The van der Waals surface area contributed by atoms with Gasteiger partial charge < -0.3 is 5.32 Å². The Bertz CT molecular complexity index is 519. The molecule has 2 aromatic rings. The van der Waals surface area contributed by atoms with Gasteiger partial charge in [0.1, 0.15) is 0 Å². The molecule has 1 fully saturated rings. The van der Waals surface area contributed by atoms with Crippen LogP contribution in [0.3, 0.4) is 0 Å². The summed E-state index contributed by atoms with van der Waals surface area (Å²) < 4.78 is 0. The van der Waals surface area contributed by atoms with E-state index in [0.717, 1.165) is 12.5 Å². The standard InChI is InChI=1S/C19H24N2/c1-15(2)19(10-11-19)14-21-18(16-6-4-3-5-7-16)17-8-12-20-13-9-17/h3-9,12-13,15,18,21H,10-11,14H2,1-2H3. The van der Waals surface area contributed by atoms with E-state index in [4.69, 9.17) is 0 Å². The van der Waals surface area contributed by atoms with Crippen LogP contribution in [0.1, 0.15) is 43.9 Å². The van der Waals surface area contributed by atoms with Crippen molar-refractivity contribution < 1.29 is 0 Å². The van der Waals surface area contributed by atoms with Crippen LogP contribution in [0.4, 0.5) is 0 Å². The lowest BCUT2D eigenvalue weighted by atomic mass is 9.91. The number of hydrogen-bond donors (Lipinski definition) is 1. The third kappa shape index (κ3) is 3.16. The lowest BCUT2D eigenvalue weighted by molar-refractivity contribution is 0.329. The van der Waals surface area contributed by atoms with Gasteiger partial charge in [-0.3, -0.25) is 4.98 Å². The molecule has 21 heavy (non-hydrogen) atoms. The molecule has 1 aliphatic rings. The first kappa shape index (κ1) is 14.3. The van der Waals surface area contributed by atoms with E-state index in [2.05, 4.69) is 66.6 Å². The Kier molecular flexibility index (Phi) is 4.07. The number of hydrogen-bond acceptors (Lipinski definition) is 2. The molecule has 0 amide bonds. The van der Waals surface area contributed by atoms with Gasteiger partial charge in [0.2, 0.25) is 0 Å². The van der Waals surface area contributed by atoms with Crippen LogP contribution in [0, 0.1) is 11.3 Å². The zero-order chi connectivity index (χ0) is 14.7. The Hall–Kier alpha value is -1.67. The second-order valence-electron chi connectivity index (χ2n) is 6.52. The maximum Gasteiger partial charge on any atom is 0.0578 e. The van der Waals surface area contributed by atoms with Gasteiger partial charge in [-0.15, -0.1) is 0 Å². The highest BCUT2D eigenvalue weighted by atomic mass is 14.9. The topological polar surface area (TPSA) is 24.9 Å². The van der Waals surface area contributed by atoms with Crippen LogP contribution in [-0.4, -0.2) is 11.5 Å². The second-order valence-corrected chi connectivity index (χ2v) is 6.52. The molecule has 110 valence electrons. The molecule has 0 spiro atoms. The lowest BCUT2D eigenvalue weighted by Crippen LogP contribution is -2.31. The number of nitrogens with zero attached hydrogens (tertiary/aromatic N) is 1. The molecule has 1 heterocycles. The molecule has 1 N–H and O–H groups in total. The van der Waals surface area contributed by atoms with Gasteiger partial charge in [-0.05, 0) is 47.4 Å². The van der Waals surface area contributed by atoms with Gasteiger partial charge in [0.15, 0.2) is 0 Å². The van der Waals surface area contributed by atoms with Gasteiger partial charge in [-0.2, -0.15) is 0 Å². The minimum Gasteiger partial charge on any atom is -0.306 e. The lowest BCUT2D eigenvalue weighted by Gasteiger charge is -2.26. The van der Waals surface area contributed by atoms with E-state index in [0.29, 0.717) is 5.41 Å². The third-order valence-corrected chi connectivity index (χ3v) is 4.95. The summed E-state index contributed by atoms with van der Waals surface area (Å²) in [5.74, 6) is 0.749. The van der Waals surface area contributed by atoms with E-state index in [1.807, 2.05) is 12.4 Å². The highest BCUT2D eigenvalue weighted by Crippen LogP contribution is 2.51. The molecule has 0 aliphatic heterocycles. The fourth-order valence-electron chi connectivity index (χ4n) is 3.05. The van der Waals surface area contributed by atoms with E-state index >= 15 is 0 Å². The summed E-state index contributed by atoms with van der Waals surface area (Å²) >= 11 is 0. The summed E-state index contributed by atoms with van der Waals surface area (Å²) in [4.78, 5) is 4.14. The summed E-state index contributed by atoms with van der Waals surface area (Å²) in [6.45, 7) is 5.78. The zero-order valence-electron chi connectivity index (χ0n) is 12.9. The minimum atomic E-state index is 0.255. The maximum atomic E-state index is 4.14. The molecule has 0 radical (unpaired) electrons. The molecular formula is C19H24N2. The molecule has 1 aromatic carbocycles. The molecule has 1 atom stereocenters. The highest BCUT2D eigenvalue weighted by Gasteiger charge is 2.45. The predicted octanol–water partition coefficient (Wildman–Crippen LogP) is 4.20. The van der Waals surface area contributed by atoms with Crippen molar-refractivity contribution in [2.45, 2.75) is 32.7 Å². The summed E-state index contributed by atoms with van der Waals surface area (Å²) in [7, 11) is 0. The zero-order valence-corrected chi connectivity index (χ0v) is 12.9. The van der Waals surface area contributed by atoms with Crippen molar-refractivity contribution >= 4 is 0 Å². The first-order valence-corrected chi connectivity index (χ1v) is 7.89. The van der Waals surface area contributed by atoms with Gasteiger partial charge in [-0.1, -0.05) is 44.2 Å². The number of aromatic nitrogens is 1. The van der Waals surface area contributed by atoms with Crippen LogP contribution in [-0.2, 0) is 0 Å². The normalized spacial score (nSPS) is 17.7. The molecule has 1 aliphatic carbocycles. The molecule has 2 heteroatoms. The summed E-state index contributed by atoms with van der Waals surface area (Å²) in [6, 6.07) is 15.2. The molecule has 1 unspecified atom stereocenters. The minimum absolute atomic E-state index is 0.255. The number of rotatable bonds is 6. The monoisotopic (exact) mass is 280 g/mol. The first-order valence-electron chi connectivity index (χ1n) is 7.89. The summed E-state index contributed by atoms with van der Waals surface area (Å²) in [5.41, 5.74) is 3.12. The van der Waals surface area contributed by atoms with Crippen LogP contribution < -0.4 is 5.32 Å². The van der Waals surface area contributed by atoms with Crippen molar-refractivity contribution in [1.29, 1.82) is 0 Å². The Morgan fingerprint density at radius 2 is 1.62 bits per heavy atom. The number of nitrogens with one attached hydrogen (secondary N) is 1. The van der Waals surface area contributed by atoms with Gasteiger partial charge in [0, 0.05) is 18.9 Å². The SMILES string of the molecule is CC(C)C1(CNC(c2ccccc2)c2ccncc2)CC1. The summed E-state index contributed by atoms with van der Waals surface area (Å²) in [6.07, 6.45) is 6.47. The Morgan fingerprint density at radius 3 is 2.19 bits per heavy atom. The number of benzene rings is 1. The Labute approximate surface area is 127 Å². The average molecular weight is 280 g/mol. The number of pyridine rings is 1. The van der Waals surface area contributed by atoms with Crippen molar-refractivity contribution in [1.82, 2.24) is 10.3 Å². The highest BCUT2D eigenvalue weighted by molar-refractivity contribution is 5.30. The largest absolute Gasteiger partial charge is 0.306 e. The van der Waals surface area contributed by atoms with E-state index in [1.165, 1.54) is 24.0 Å². The van der Waals surface area contributed by atoms with Crippen LogP contribution >= 0.6 is 0 Å². The van der Waals surface area contributed by atoms with Crippen molar-refractivity contribution in [3.63, 3.8) is 0 Å². The fraction of sp³-hybridized carbons (Fsp3) is 0.421. The van der Waals surface area contributed by atoms with Gasteiger partial charge in [-0.25, -0.2) is 0 Å². The van der Waals surface area contributed by atoms with E-state index < -0.39 is 0 Å². The van der Waals surface area contributed by atoms with Crippen LogP contribution in [0.2, 0.25) is 0 Å². The first-order chi connectivity index (χ1) is 10.2. The Morgan fingerprint density at radius 1 is 1.00 bits per heavy atom. The van der Waals surface area contributed by atoms with Crippen molar-refractivity contribution in [2.75, 3.05) is 6.54 Å². The molecule has 3 rings (SSSR count). The molecular weight excluding hydrogens is 256 g/mol.